The molecular formula is C57H106O5. The van der Waals surface area contributed by atoms with E-state index in [1.54, 1.807) is 0 Å². The van der Waals surface area contributed by atoms with Gasteiger partial charge in [-0.25, -0.2) is 0 Å². The minimum atomic E-state index is -0.537. The van der Waals surface area contributed by atoms with Crippen molar-refractivity contribution in [1.82, 2.24) is 0 Å². The molecule has 62 heavy (non-hydrogen) atoms. The van der Waals surface area contributed by atoms with E-state index in [4.69, 9.17) is 14.2 Å². The van der Waals surface area contributed by atoms with Gasteiger partial charge in [-0.15, -0.1) is 0 Å². The van der Waals surface area contributed by atoms with Crippen LogP contribution in [0.2, 0.25) is 0 Å². The van der Waals surface area contributed by atoms with Gasteiger partial charge in [-0.3, -0.25) is 9.59 Å². The third-order valence-corrected chi connectivity index (χ3v) is 12.1. The maximum atomic E-state index is 12.8. The Morgan fingerprint density at radius 2 is 0.710 bits per heavy atom. The van der Waals surface area contributed by atoms with E-state index in [2.05, 4.69) is 57.2 Å². The van der Waals surface area contributed by atoms with Crippen LogP contribution in [0.3, 0.4) is 0 Å². The fourth-order valence-electron chi connectivity index (χ4n) is 8.01. The normalized spacial score (nSPS) is 12.4. The summed E-state index contributed by atoms with van der Waals surface area (Å²) in [5.74, 6) is -0.399. The molecule has 1 unspecified atom stereocenters. The summed E-state index contributed by atoms with van der Waals surface area (Å²) in [6.07, 6.45) is 64.4. The van der Waals surface area contributed by atoms with Gasteiger partial charge >= 0.3 is 11.9 Å². The first-order valence-electron chi connectivity index (χ1n) is 27.5. The number of carbonyl (C=O) groups is 2. The Morgan fingerprint density at radius 3 is 1.15 bits per heavy atom. The molecule has 0 rings (SSSR count). The monoisotopic (exact) mass is 871 g/mol. The number of hydrogen-bond acceptors (Lipinski definition) is 5. The lowest BCUT2D eigenvalue weighted by molar-refractivity contribution is -0.163. The molecule has 5 nitrogen and oxygen atoms in total. The van der Waals surface area contributed by atoms with E-state index in [0.717, 1.165) is 57.8 Å². The molecule has 0 spiro atoms. The van der Waals surface area contributed by atoms with Crippen molar-refractivity contribution < 1.29 is 23.8 Å². The fraction of sp³-hybridized carbons (Fsp3) is 0.860. The van der Waals surface area contributed by atoms with E-state index >= 15 is 0 Å². The molecular weight excluding hydrogens is 765 g/mol. The van der Waals surface area contributed by atoms with Gasteiger partial charge in [0.2, 0.25) is 0 Å². The Bertz CT molecular complexity index is 986. The third kappa shape index (κ3) is 50.8. The van der Waals surface area contributed by atoms with Gasteiger partial charge in [0, 0.05) is 19.4 Å². The molecule has 0 N–H and O–H groups in total. The molecule has 5 heteroatoms. The average Bonchev–Trinajstić information content (AvgIpc) is 3.27. The van der Waals surface area contributed by atoms with Gasteiger partial charge < -0.3 is 14.2 Å². The van der Waals surface area contributed by atoms with E-state index in [1.165, 1.54) is 199 Å². The number of allylic oxidation sites excluding steroid dienone is 6. The fourth-order valence-corrected chi connectivity index (χ4v) is 8.01. The number of rotatable bonds is 51. The maximum absolute atomic E-state index is 12.8. The van der Waals surface area contributed by atoms with E-state index in [9.17, 15) is 9.59 Å². The van der Waals surface area contributed by atoms with Crippen molar-refractivity contribution >= 4 is 11.9 Å². The van der Waals surface area contributed by atoms with Crippen molar-refractivity contribution in [2.24, 2.45) is 0 Å². The molecule has 0 radical (unpaired) electrons. The quantitative estimate of drug-likeness (QED) is 0.0346. The highest BCUT2D eigenvalue weighted by Gasteiger charge is 2.17. The lowest BCUT2D eigenvalue weighted by Crippen LogP contribution is -2.30. The average molecular weight is 871 g/mol. The summed E-state index contributed by atoms with van der Waals surface area (Å²) in [7, 11) is 0. The second kappa shape index (κ2) is 53.5. The minimum absolute atomic E-state index is 0.0824. The highest BCUT2D eigenvalue weighted by Crippen LogP contribution is 2.16. The van der Waals surface area contributed by atoms with Crippen LogP contribution in [0.1, 0.15) is 290 Å². The van der Waals surface area contributed by atoms with E-state index in [0.29, 0.717) is 19.4 Å². The number of esters is 2. The molecule has 364 valence electrons. The zero-order chi connectivity index (χ0) is 44.9. The first kappa shape index (κ1) is 60.1. The van der Waals surface area contributed by atoms with Gasteiger partial charge in [0.1, 0.15) is 6.61 Å². The van der Waals surface area contributed by atoms with Crippen molar-refractivity contribution in [1.29, 1.82) is 0 Å². The maximum Gasteiger partial charge on any atom is 0.306 e. The first-order valence-corrected chi connectivity index (χ1v) is 27.5. The summed E-state index contributed by atoms with van der Waals surface area (Å²) in [6.45, 7) is 7.79. The van der Waals surface area contributed by atoms with Gasteiger partial charge in [-0.2, -0.15) is 0 Å². The lowest BCUT2D eigenvalue weighted by Gasteiger charge is -2.18. The number of hydrogen-bond donors (Lipinski definition) is 0. The van der Waals surface area contributed by atoms with Crippen molar-refractivity contribution in [2.75, 3.05) is 19.8 Å². The summed E-state index contributed by atoms with van der Waals surface area (Å²) in [6, 6.07) is 0. The highest BCUT2D eigenvalue weighted by atomic mass is 16.6. The zero-order valence-electron chi connectivity index (χ0n) is 41.9. The Labute approximate surface area is 387 Å². The molecule has 0 aliphatic rings. The summed E-state index contributed by atoms with van der Waals surface area (Å²) in [5.41, 5.74) is 0. The Kier molecular flexibility index (Phi) is 51.8. The van der Waals surface area contributed by atoms with Crippen LogP contribution in [-0.4, -0.2) is 37.9 Å². The molecule has 0 heterocycles. The van der Waals surface area contributed by atoms with Crippen LogP contribution < -0.4 is 0 Å². The van der Waals surface area contributed by atoms with Crippen molar-refractivity contribution in [3.8, 4) is 0 Å². The molecule has 0 aromatic heterocycles. The smallest absolute Gasteiger partial charge is 0.306 e. The van der Waals surface area contributed by atoms with Gasteiger partial charge in [-0.1, -0.05) is 243 Å². The molecule has 0 aromatic rings. The van der Waals surface area contributed by atoms with Crippen LogP contribution in [0, 0.1) is 0 Å². The minimum Gasteiger partial charge on any atom is -0.462 e. The Balaban J connectivity index is 4.20. The second-order valence-electron chi connectivity index (χ2n) is 18.5. The number of ether oxygens (including phenoxy) is 3. The molecule has 0 saturated heterocycles. The Morgan fingerprint density at radius 1 is 0.355 bits per heavy atom. The van der Waals surface area contributed by atoms with Crippen LogP contribution in [0.25, 0.3) is 0 Å². The van der Waals surface area contributed by atoms with E-state index in [-0.39, 0.29) is 25.2 Å². The standard InChI is InChI=1S/C57H106O5/c1-4-7-10-13-16-19-22-25-26-27-28-29-30-31-34-37-40-43-46-49-52-60-53-55(62-57(59)51-48-45-42-39-36-33-24-21-18-15-12-9-6-3)54-61-56(58)50-47-44-41-38-35-32-23-20-17-14-11-8-5-2/h11,14,20,23,25-26,55H,4-10,12-13,15-19,21-22,24,27-54H2,1-3H3/b14-11-,23-20-,26-25-. The summed E-state index contributed by atoms with van der Waals surface area (Å²) >= 11 is 0. The molecule has 0 amide bonds. The first-order chi connectivity index (χ1) is 30.6. The largest absolute Gasteiger partial charge is 0.462 e. The predicted octanol–water partition coefficient (Wildman–Crippen LogP) is 18.6. The third-order valence-electron chi connectivity index (χ3n) is 12.1. The highest BCUT2D eigenvalue weighted by molar-refractivity contribution is 5.70. The van der Waals surface area contributed by atoms with Crippen LogP contribution >= 0.6 is 0 Å². The topological polar surface area (TPSA) is 61.8 Å². The predicted molar refractivity (Wildman–Crippen MR) is 270 cm³/mol. The SMILES string of the molecule is CCC/C=C\C/C=C\CCCCCCCC(=O)OCC(COCCCCCCCCCCCC/C=C\CCCCCCCC)OC(=O)CCCCCCCCCCCCCCC. The summed E-state index contributed by atoms with van der Waals surface area (Å²) in [5, 5.41) is 0. The molecule has 0 fully saturated rings. The lowest BCUT2D eigenvalue weighted by atomic mass is 10.0. The van der Waals surface area contributed by atoms with Gasteiger partial charge in [0.05, 0.1) is 6.61 Å². The summed E-state index contributed by atoms with van der Waals surface area (Å²) in [4.78, 5) is 25.4. The van der Waals surface area contributed by atoms with E-state index < -0.39 is 6.10 Å². The summed E-state index contributed by atoms with van der Waals surface area (Å²) < 4.78 is 17.4. The molecule has 0 aliphatic heterocycles. The molecule has 1 atom stereocenters. The molecule has 0 saturated carbocycles. The van der Waals surface area contributed by atoms with E-state index in [1.807, 2.05) is 0 Å². The molecule has 0 bridgehead atoms. The molecule has 0 aromatic carbocycles. The zero-order valence-corrected chi connectivity index (χ0v) is 41.9. The van der Waals surface area contributed by atoms with Crippen LogP contribution in [0.15, 0.2) is 36.5 Å². The van der Waals surface area contributed by atoms with Crippen LogP contribution in [0.5, 0.6) is 0 Å². The van der Waals surface area contributed by atoms with Crippen molar-refractivity contribution in [2.45, 2.75) is 297 Å². The number of carbonyl (C=O) groups excluding carboxylic acids is 2. The van der Waals surface area contributed by atoms with Crippen molar-refractivity contribution in [3.05, 3.63) is 36.5 Å². The van der Waals surface area contributed by atoms with Crippen LogP contribution in [-0.2, 0) is 23.8 Å². The number of unbranched alkanes of at least 4 members (excludes halogenated alkanes) is 34. The molecule has 0 aliphatic carbocycles. The Hall–Kier alpha value is -1.88. The second-order valence-corrected chi connectivity index (χ2v) is 18.5. The van der Waals surface area contributed by atoms with Crippen LogP contribution in [0.4, 0.5) is 0 Å². The van der Waals surface area contributed by atoms with Gasteiger partial charge in [0.15, 0.2) is 6.10 Å². The van der Waals surface area contributed by atoms with Gasteiger partial charge in [-0.05, 0) is 70.6 Å². The van der Waals surface area contributed by atoms with Crippen molar-refractivity contribution in [3.63, 3.8) is 0 Å². The van der Waals surface area contributed by atoms with Gasteiger partial charge in [0.25, 0.3) is 0 Å².